The van der Waals surface area contributed by atoms with Gasteiger partial charge in [-0.1, -0.05) is 29.8 Å². The Morgan fingerprint density at radius 2 is 1.62 bits per heavy atom. The lowest BCUT2D eigenvalue weighted by Gasteiger charge is -2.29. The van der Waals surface area contributed by atoms with Crippen molar-refractivity contribution in [3.63, 3.8) is 0 Å². The first kappa shape index (κ1) is 19.2. The Balaban J connectivity index is 1.82. The molecule has 0 N–H and O–H groups in total. The van der Waals surface area contributed by atoms with E-state index in [1.165, 1.54) is 4.90 Å². The van der Waals surface area contributed by atoms with E-state index in [0.29, 0.717) is 54.6 Å². The lowest BCUT2D eigenvalue weighted by atomic mass is 10.0. The fourth-order valence-electron chi connectivity index (χ4n) is 3.89. The summed E-state index contributed by atoms with van der Waals surface area (Å²) in [6.07, 6.45) is 0. The van der Waals surface area contributed by atoms with Gasteiger partial charge in [0.2, 0.25) is 0 Å². The van der Waals surface area contributed by atoms with E-state index >= 15 is 0 Å². The van der Waals surface area contributed by atoms with Crippen molar-refractivity contribution in [2.75, 3.05) is 38.3 Å². The van der Waals surface area contributed by atoms with E-state index in [9.17, 15) is 9.59 Å². The van der Waals surface area contributed by atoms with Gasteiger partial charge in [-0.25, -0.2) is 4.90 Å². The van der Waals surface area contributed by atoms with Gasteiger partial charge < -0.3 is 14.4 Å². The van der Waals surface area contributed by atoms with E-state index in [1.54, 1.807) is 19.2 Å². The normalized spacial score (nSPS) is 17.3. The maximum atomic E-state index is 13.5. The van der Waals surface area contributed by atoms with Crippen LogP contribution in [0.15, 0.2) is 48.2 Å². The standard InChI is InChI=1S/C23H24N2O4/c1-15-4-9-19(16(2)14-15)25-22(26)20(17-5-7-18(28-3)8-6-17)21(23(25)27)24-10-12-29-13-11-24/h4-9,14H,10-13H2,1-3H3. The Morgan fingerprint density at radius 1 is 0.931 bits per heavy atom. The number of hydrogen-bond acceptors (Lipinski definition) is 5. The summed E-state index contributed by atoms with van der Waals surface area (Å²) in [6.45, 7) is 6.13. The van der Waals surface area contributed by atoms with Gasteiger partial charge in [0.25, 0.3) is 11.8 Å². The van der Waals surface area contributed by atoms with Gasteiger partial charge in [0.15, 0.2) is 0 Å². The molecule has 2 aromatic carbocycles. The molecule has 29 heavy (non-hydrogen) atoms. The number of amides is 2. The third-order valence-corrected chi connectivity index (χ3v) is 5.36. The lowest BCUT2D eigenvalue weighted by Crippen LogP contribution is -2.40. The van der Waals surface area contributed by atoms with Crippen LogP contribution in [0.1, 0.15) is 16.7 Å². The summed E-state index contributed by atoms with van der Waals surface area (Å²) in [5.74, 6) is 0.119. The van der Waals surface area contributed by atoms with Crippen molar-refractivity contribution in [1.29, 1.82) is 0 Å². The summed E-state index contributed by atoms with van der Waals surface area (Å²) in [6, 6.07) is 13.0. The van der Waals surface area contributed by atoms with Crippen LogP contribution in [0, 0.1) is 13.8 Å². The maximum Gasteiger partial charge on any atom is 0.282 e. The van der Waals surface area contributed by atoms with Crippen molar-refractivity contribution >= 4 is 23.1 Å². The SMILES string of the molecule is COc1ccc(C2=C(N3CCOCC3)C(=O)N(c3ccc(C)cc3C)C2=O)cc1. The zero-order valence-corrected chi connectivity index (χ0v) is 16.9. The maximum absolute atomic E-state index is 13.5. The number of rotatable bonds is 4. The summed E-state index contributed by atoms with van der Waals surface area (Å²) < 4.78 is 10.7. The molecule has 0 spiro atoms. The Morgan fingerprint density at radius 3 is 2.24 bits per heavy atom. The largest absolute Gasteiger partial charge is 0.497 e. The first-order chi connectivity index (χ1) is 14.0. The summed E-state index contributed by atoms with van der Waals surface area (Å²) in [5, 5.41) is 0. The van der Waals surface area contributed by atoms with E-state index in [4.69, 9.17) is 9.47 Å². The van der Waals surface area contributed by atoms with Gasteiger partial charge in [-0.15, -0.1) is 0 Å². The molecule has 2 aliphatic heterocycles. The van der Waals surface area contributed by atoms with Gasteiger partial charge in [-0.2, -0.15) is 0 Å². The fourth-order valence-corrected chi connectivity index (χ4v) is 3.89. The minimum atomic E-state index is -0.298. The summed E-state index contributed by atoms with van der Waals surface area (Å²) in [5.41, 5.74) is 4.19. The van der Waals surface area contributed by atoms with Gasteiger partial charge in [0.1, 0.15) is 11.4 Å². The first-order valence-electron chi connectivity index (χ1n) is 9.68. The molecule has 6 nitrogen and oxygen atoms in total. The number of anilines is 1. The average Bonchev–Trinajstić information content (AvgIpc) is 2.99. The van der Waals surface area contributed by atoms with Crippen LogP contribution in [0.25, 0.3) is 5.57 Å². The van der Waals surface area contributed by atoms with Crippen molar-refractivity contribution in [3.8, 4) is 5.75 Å². The van der Waals surface area contributed by atoms with E-state index in [0.717, 1.165) is 11.1 Å². The van der Waals surface area contributed by atoms with Gasteiger partial charge >= 0.3 is 0 Å². The molecule has 0 bridgehead atoms. The molecule has 1 fully saturated rings. The van der Waals surface area contributed by atoms with Crippen LogP contribution in [-0.2, 0) is 14.3 Å². The van der Waals surface area contributed by atoms with Crippen LogP contribution in [0.5, 0.6) is 5.75 Å². The van der Waals surface area contributed by atoms with Crippen LogP contribution in [0.2, 0.25) is 0 Å². The highest BCUT2D eigenvalue weighted by atomic mass is 16.5. The number of ether oxygens (including phenoxy) is 2. The Hall–Kier alpha value is -3.12. The first-order valence-corrected chi connectivity index (χ1v) is 9.68. The molecule has 150 valence electrons. The monoisotopic (exact) mass is 392 g/mol. The molecule has 0 radical (unpaired) electrons. The van der Waals surface area contributed by atoms with E-state index in [1.807, 2.05) is 49.1 Å². The second kappa shape index (κ2) is 7.72. The molecule has 2 aromatic rings. The lowest BCUT2D eigenvalue weighted by molar-refractivity contribution is -0.121. The van der Waals surface area contributed by atoms with Crippen LogP contribution < -0.4 is 9.64 Å². The van der Waals surface area contributed by atoms with Crippen molar-refractivity contribution < 1.29 is 19.1 Å². The third-order valence-electron chi connectivity index (χ3n) is 5.36. The van der Waals surface area contributed by atoms with Crippen molar-refractivity contribution in [1.82, 2.24) is 4.90 Å². The molecule has 1 saturated heterocycles. The van der Waals surface area contributed by atoms with Crippen LogP contribution in [0.3, 0.4) is 0 Å². The molecule has 0 atom stereocenters. The number of carbonyl (C=O) groups is 2. The van der Waals surface area contributed by atoms with E-state index in [2.05, 4.69) is 0 Å². The molecular formula is C23H24N2O4. The predicted octanol–water partition coefficient (Wildman–Crippen LogP) is 2.93. The van der Waals surface area contributed by atoms with Crippen molar-refractivity contribution in [2.45, 2.75) is 13.8 Å². The quantitative estimate of drug-likeness (QED) is 0.749. The number of benzene rings is 2. The highest BCUT2D eigenvalue weighted by Gasteiger charge is 2.43. The molecule has 0 aliphatic carbocycles. The predicted molar refractivity (Wildman–Crippen MR) is 111 cm³/mol. The molecule has 4 rings (SSSR count). The average molecular weight is 392 g/mol. The molecule has 2 aliphatic rings. The minimum absolute atomic E-state index is 0.283. The van der Waals surface area contributed by atoms with Crippen molar-refractivity contribution in [3.05, 3.63) is 64.9 Å². The number of imide groups is 1. The van der Waals surface area contributed by atoms with Gasteiger partial charge in [-0.05, 0) is 43.2 Å². The third kappa shape index (κ3) is 3.40. The van der Waals surface area contributed by atoms with E-state index in [-0.39, 0.29) is 11.8 Å². The van der Waals surface area contributed by atoms with Crippen LogP contribution in [-0.4, -0.2) is 50.1 Å². The van der Waals surface area contributed by atoms with Crippen molar-refractivity contribution in [2.24, 2.45) is 0 Å². The summed E-state index contributed by atoms with van der Waals surface area (Å²) in [7, 11) is 1.60. The van der Waals surface area contributed by atoms with Crippen LogP contribution >= 0.6 is 0 Å². The molecule has 0 aromatic heterocycles. The highest BCUT2D eigenvalue weighted by molar-refractivity contribution is 6.45. The second-order valence-corrected chi connectivity index (χ2v) is 7.29. The van der Waals surface area contributed by atoms with Gasteiger partial charge in [0.05, 0.1) is 31.6 Å². The number of morpholine rings is 1. The molecular weight excluding hydrogens is 368 g/mol. The topological polar surface area (TPSA) is 59.1 Å². The molecule has 0 unspecified atom stereocenters. The molecule has 0 saturated carbocycles. The number of hydrogen-bond donors (Lipinski definition) is 0. The Kier molecular flexibility index (Phi) is 5.11. The number of aryl methyl sites for hydroxylation is 2. The van der Waals surface area contributed by atoms with E-state index < -0.39 is 0 Å². The fraction of sp³-hybridized carbons (Fsp3) is 0.304. The minimum Gasteiger partial charge on any atom is -0.497 e. The van der Waals surface area contributed by atoms with Gasteiger partial charge in [0, 0.05) is 13.1 Å². The molecule has 6 heteroatoms. The second-order valence-electron chi connectivity index (χ2n) is 7.29. The zero-order valence-electron chi connectivity index (χ0n) is 16.9. The highest BCUT2D eigenvalue weighted by Crippen LogP contribution is 2.36. The number of methoxy groups -OCH3 is 1. The summed E-state index contributed by atoms with van der Waals surface area (Å²) in [4.78, 5) is 30.3. The smallest absolute Gasteiger partial charge is 0.282 e. The molecule has 2 amide bonds. The number of nitrogens with zero attached hydrogens (tertiary/aromatic N) is 2. The van der Waals surface area contributed by atoms with Crippen LogP contribution in [0.4, 0.5) is 5.69 Å². The molecule has 2 heterocycles. The Labute approximate surface area is 170 Å². The Bertz CT molecular complexity index is 988. The zero-order chi connectivity index (χ0) is 20.5. The number of carbonyl (C=O) groups excluding carboxylic acids is 2. The summed E-state index contributed by atoms with van der Waals surface area (Å²) >= 11 is 0. The van der Waals surface area contributed by atoms with Gasteiger partial charge in [-0.3, -0.25) is 9.59 Å².